The van der Waals surface area contributed by atoms with E-state index in [0.29, 0.717) is 23.6 Å². The Bertz CT molecular complexity index is 1200. The van der Waals surface area contributed by atoms with E-state index < -0.39 is 0 Å². The standard InChI is InChI=1S/C24H24N4O2S/c1-4-30-23(29)22-20(14-31-24-27-25-15-28(24)16(2)3)26-19-13-9-8-12-18(19)21(22)17-10-6-5-7-11-17/h5-13,15-16H,4,14H2,1-3H3. The highest BCUT2D eigenvalue weighted by Crippen LogP contribution is 2.35. The van der Waals surface area contributed by atoms with Crippen LogP contribution in [0, 0.1) is 0 Å². The second-order valence-corrected chi connectivity index (χ2v) is 8.26. The van der Waals surface area contributed by atoms with Crippen LogP contribution in [0.5, 0.6) is 0 Å². The maximum atomic E-state index is 13.1. The molecule has 0 unspecified atom stereocenters. The first-order chi connectivity index (χ1) is 15.1. The van der Waals surface area contributed by atoms with Gasteiger partial charge >= 0.3 is 5.97 Å². The number of ether oxygens (including phenoxy) is 1. The third kappa shape index (κ3) is 4.32. The molecule has 0 saturated heterocycles. The number of para-hydroxylation sites is 1. The van der Waals surface area contributed by atoms with Crippen LogP contribution in [0.4, 0.5) is 0 Å². The summed E-state index contributed by atoms with van der Waals surface area (Å²) in [7, 11) is 0. The molecule has 2 aromatic carbocycles. The van der Waals surface area contributed by atoms with Crippen LogP contribution in [-0.2, 0) is 10.5 Å². The summed E-state index contributed by atoms with van der Waals surface area (Å²) in [4.78, 5) is 18.0. The molecule has 0 aliphatic heterocycles. The van der Waals surface area contributed by atoms with Crippen molar-refractivity contribution in [1.82, 2.24) is 19.7 Å². The third-order valence-electron chi connectivity index (χ3n) is 4.94. The lowest BCUT2D eigenvalue weighted by Crippen LogP contribution is -2.12. The zero-order valence-electron chi connectivity index (χ0n) is 17.8. The Morgan fingerprint density at radius 1 is 1.10 bits per heavy atom. The minimum Gasteiger partial charge on any atom is -0.462 e. The summed E-state index contributed by atoms with van der Waals surface area (Å²) in [5.41, 5.74) is 3.84. The molecule has 0 spiro atoms. The fourth-order valence-electron chi connectivity index (χ4n) is 3.52. The van der Waals surface area contributed by atoms with Gasteiger partial charge in [0.05, 0.1) is 23.4 Å². The molecule has 158 valence electrons. The molecule has 31 heavy (non-hydrogen) atoms. The van der Waals surface area contributed by atoms with Gasteiger partial charge in [-0.2, -0.15) is 0 Å². The number of benzene rings is 2. The third-order valence-corrected chi connectivity index (χ3v) is 5.91. The summed E-state index contributed by atoms with van der Waals surface area (Å²) in [6, 6.07) is 18.1. The van der Waals surface area contributed by atoms with E-state index in [2.05, 4.69) is 24.0 Å². The number of carbonyl (C=O) groups excluding carboxylic acids is 1. The Kier molecular flexibility index (Phi) is 6.32. The molecule has 4 rings (SSSR count). The Balaban J connectivity index is 1.88. The van der Waals surface area contributed by atoms with Gasteiger partial charge in [0.15, 0.2) is 5.16 Å². The molecule has 0 fully saturated rings. The quantitative estimate of drug-likeness (QED) is 0.282. The van der Waals surface area contributed by atoms with Crippen LogP contribution < -0.4 is 0 Å². The van der Waals surface area contributed by atoms with Crippen molar-refractivity contribution in [2.75, 3.05) is 6.61 Å². The molecule has 0 aliphatic carbocycles. The van der Waals surface area contributed by atoms with E-state index in [4.69, 9.17) is 9.72 Å². The normalized spacial score (nSPS) is 11.2. The molecule has 0 bridgehead atoms. The first-order valence-electron chi connectivity index (χ1n) is 10.3. The van der Waals surface area contributed by atoms with E-state index in [1.165, 1.54) is 11.8 Å². The van der Waals surface area contributed by atoms with Crippen molar-refractivity contribution in [3.63, 3.8) is 0 Å². The molecule has 0 saturated carbocycles. The lowest BCUT2D eigenvalue weighted by molar-refractivity contribution is 0.0526. The number of thioether (sulfide) groups is 1. The number of pyridine rings is 1. The zero-order chi connectivity index (χ0) is 21.8. The van der Waals surface area contributed by atoms with Crippen molar-refractivity contribution in [1.29, 1.82) is 0 Å². The Morgan fingerprint density at radius 3 is 2.58 bits per heavy atom. The minimum atomic E-state index is -0.361. The lowest BCUT2D eigenvalue weighted by atomic mass is 9.94. The first-order valence-corrected chi connectivity index (χ1v) is 11.2. The fourth-order valence-corrected chi connectivity index (χ4v) is 4.50. The van der Waals surface area contributed by atoms with Gasteiger partial charge < -0.3 is 9.30 Å². The summed E-state index contributed by atoms with van der Waals surface area (Å²) >= 11 is 1.52. The Hall–Kier alpha value is -3.19. The van der Waals surface area contributed by atoms with Crippen LogP contribution in [0.15, 0.2) is 66.1 Å². The molecular formula is C24H24N4O2S. The molecular weight excluding hydrogens is 408 g/mol. The molecule has 7 heteroatoms. The monoisotopic (exact) mass is 432 g/mol. The Morgan fingerprint density at radius 2 is 1.84 bits per heavy atom. The average molecular weight is 433 g/mol. The van der Waals surface area contributed by atoms with Crippen molar-refractivity contribution in [2.45, 2.75) is 37.7 Å². The lowest BCUT2D eigenvalue weighted by Gasteiger charge is -2.17. The molecule has 0 amide bonds. The van der Waals surface area contributed by atoms with E-state index in [1.54, 1.807) is 6.33 Å². The van der Waals surface area contributed by atoms with Gasteiger partial charge in [-0.25, -0.2) is 4.79 Å². The van der Waals surface area contributed by atoms with Crippen LogP contribution in [-0.4, -0.2) is 32.3 Å². The topological polar surface area (TPSA) is 69.9 Å². The van der Waals surface area contributed by atoms with E-state index in [1.807, 2.05) is 66.1 Å². The maximum absolute atomic E-state index is 13.1. The summed E-state index contributed by atoms with van der Waals surface area (Å²) in [6.07, 6.45) is 1.72. The molecule has 2 aromatic heterocycles. The zero-order valence-corrected chi connectivity index (χ0v) is 18.6. The second kappa shape index (κ2) is 9.31. The van der Waals surface area contributed by atoms with Gasteiger partial charge in [0.1, 0.15) is 6.33 Å². The second-order valence-electron chi connectivity index (χ2n) is 7.32. The highest BCUT2D eigenvalue weighted by atomic mass is 32.2. The van der Waals surface area contributed by atoms with Gasteiger partial charge in [-0.05, 0) is 32.4 Å². The maximum Gasteiger partial charge on any atom is 0.340 e. The highest BCUT2D eigenvalue weighted by Gasteiger charge is 2.24. The number of hydrogen-bond donors (Lipinski definition) is 0. The van der Waals surface area contributed by atoms with Gasteiger partial charge in [0, 0.05) is 22.7 Å². The smallest absolute Gasteiger partial charge is 0.340 e. The summed E-state index contributed by atoms with van der Waals surface area (Å²) < 4.78 is 7.47. The van der Waals surface area contributed by atoms with Crippen molar-refractivity contribution in [2.24, 2.45) is 0 Å². The van der Waals surface area contributed by atoms with Gasteiger partial charge in [-0.3, -0.25) is 4.98 Å². The SMILES string of the molecule is CCOC(=O)c1c(CSc2nncn2C(C)C)nc2ccccc2c1-c1ccccc1. The summed E-state index contributed by atoms with van der Waals surface area (Å²) in [5, 5.41) is 10.00. The van der Waals surface area contributed by atoms with Crippen LogP contribution in [0.25, 0.3) is 22.0 Å². The number of aromatic nitrogens is 4. The number of fused-ring (bicyclic) bond motifs is 1. The first kappa shape index (κ1) is 21.1. The van der Waals surface area contributed by atoms with Crippen molar-refractivity contribution in [3.8, 4) is 11.1 Å². The molecule has 2 heterocycles. The van der Waals surface area contributed by atoms with E-state index in [-0.39, 0.29) is 12.0 Å². The number of carbonyl (C=O) groups is 1. The van der Waals surface area contributed by atoms with Gasteiger partial charge in [-0.1, -0.05) is 60.3 Å². The fraction of sp³-hybridized carbons (Fsp3) is 0.250. The van der Waals surface area contributed by atoms with Crippen molar-refractivity contribution in [3.05, 3.63) is 72.2 Å². The number of hydrogen-bond acceptors (Lipinski definition) is 6. The minimum absolute atomic E-state index is 0.242. The van der Waals surface area contributed by atoms with Crippen LogP contribution in [0.1, 0.15) is 42.9 Å². The number of nitrogens with zero attached hydrogens (tertiary/aromatic N) is 4. The van der Waals surface area contributed by atoms with Crippen LogP contribution in [0.3, 0.4) is 0 Å². The number of rotatable bonds is 7. The average Bonchev–Trinajstić information content (AvgIpc) is 3.26. The molecule has 4 aromatic rings. The molecule has 0 radical (unpaired) electrons. The molecule has 6 nitrogen and oxygen atoms in total. The predicted molar refractivity (Wildman–Crippen MR) is 123 cm³/mol. The molecule has 0 N–H and O–H groups in total. The van der Waals surface area contributed by atoms with Gasteiger partial charge in [0.2, 0.25) is 0 Å². The molecule has 0 aliphatic rings. The van der Waals surface area contributed by atoms with E-state index >= 15 is 0 Å². The van der Waals surface area contributed by atoms with Gasteiger partial charge in [-0.15, -0.1) is 10.2 Å². The van der Waals surface area contributed by atoms with Crippen LogP contribution in [0.2, 0.25) is 0 Å². The number of esters is 1. The Labute approximate surface area is 185 Å². The highest BCUT2D eigenvalue weighted by molar-refractivity contribution is 7.98. The largest absolute Gasteiger partial charge is 0.462 e. The van der Waals surface area contributed by atoms with Gasteiger partial charge in [0.25, 0.3) is 0 Å². The summed E-state index contributed by atoms with van der Waals surface area (Å²) in [6.45, 7) is 6.28. The van der Waals surface area contributed by atoms with Crippen molar-refractivity contribution < 1.29 is 9.53 Å². The summed E-state index contributed by atoms with van der Waals surface area (Å²) in [5.74, 6) is 0.116. The van der Waals surface area contributed by atoms with E-state index in [9.17, 15) is 4.79 Å². The molecule has 0 atom stereocenters. The van der Waals surface area contributed by atoms with Crippen molar-refractivity contribution >= 4 is 28.6 Å². The predicted octanol–water partition coefficient (Wildman–Crippen LogP) is 5.54. The van der Waals surface area contributed by atoms with Crippen LogP contribution >= 0.6 is 11.8 Å². The van der Waals surface area contributed by atoms with E-state index in [0.717, 1.165) is 27.2 Å².